The Balaban J connectivity index is 1.57. The summed E-state index contributed by atoms with van der Waals surface area (Å²) in [5, 5.41) is 19.8. The van der Waals surface area contributed by atoms with E-state index in [9.17, 15) is 23.6 Å². The molecule has 256 valence electrons. The van der Waals surface area contributed by atoms with Crippen LogP contribution in [0.4, 0.5) is 28.0 Å². The topological polar surface area (TPSA) is 134 Å². The molecule has 49 heavy (non-hydrogen) atoms. The van der Waals surface area contributed by atoms with Gasteiger partial charge in [0, 0.05) is 29.3 Å². The number of halogens is 4. The summed E-state index contributed by atoms with van der Waals surface area (Å²) in [6.07, 6.45) is -3.03. The zero-order chi connectivity index (χ0) is 35.9. The molecular weight excluding hydrogens is 644 g/mol. The van der Waals surface area contributed by atoms with Crippen molar-refractivity contribution in [3.63, 3.8) is 0 Å². The van der Waals surface area contributed by atoms with Crippen molar-refractivity contribution in [3.8, 4) is 28.8 Å². The Morgan fingerprint density at radius 3 is 2.43 bits per heavy atom. The molecule has 2 atom stereocenters. The zero-order valence-corrected chi connectivity index (χ0v) is 27.6. The van der Waals surface area contributed by atoms with Crippen molar-refractivity contribution in [2.24, 2.45) is 0 Å². The lowest BCUT2D eigenvalue weighted by atomic mass is 9.90. The molecule has 0 bridgehead atoms. The fraction of sp³-hybridized carbons (Fsp3) is 0.371. The molecule has 5 rings (SSSR count). The number of hydrogen-bond acceptors (Lipinski definition) is 8. The summed E-state index contributed by atoms with van der Waals surface area (Å²) in [5.41, 5.74) is -3.39. The third kappa shape index (κ3) is 7.56. The Hall–Kier alpha value is -5.32. The molecule has 10 nitrogen and oxygen atoms in total. The molecule has 4 aromatic rings. The zero-order valence-electron chi connectivity index (χ0n) is 27.6. The van der Waals surface area contributed by atoms with Crippen molar-refractivity contribution in [1.82, 2.24) is 20.5 Å². The molecule has 0 saturated carbocycles. The summed E-state index contributed by atoms with van der Waals surface area (Å²) in [6, 6.07) is 12.3. The van der Waals surface area contributed by atoms with Crippen molar-refractivity contribution in [1.29, 1.82) is 5.26 Å². The van der Waals surface area contributed by atoms with Crippen molar-refractivity contribution in [2.75, 3.05) is 4.90 Å². The molecule has 1 unspecified atom stereocenters. The third-order valence-electron chi connectivity index (χ3n) is 7.88. The van der Waals surface area contributed by atoms with Gasteiger partial charge in [0.1, 0.15) is 28.5 Å². The normalized spacial score (nSPS) is 18.1. The van der Waals surface area contributed by atoms with Crippen LogP contribution in [0, 0.1) is 17.1 Å². The maximum absolute atomic E-state index is 16.6. The minimum absolute atomic E-state index is 0.00693. The van der Waals surface area contributed by atoms with Crippen molar-refractivity contribution >= 4 is 17.7 Å². The van der Waals surface area contributed by atoms with Gasteiger partial charge < -0.3 is 19.4 Å². The van der Waals surface area contributed by atoms with E-state index in [4.69, 9.17) is 9.15 Å². The quantitative estimate of drug-likeness (QED) is 0.197. The number of pyridine rings is 1. The maximum atomic E-state index is 16.6. The monoisotopic (exact) mass is 678 g/mol. The van der Waals surface area contributed by atoms with Gasteiger partial charge in [0.05, 0.1) is 29.6 Å². The average molecular weight is 679 g/mol. The van der Waals surface area contributed by atoms with Gasteiger partial charge in [-0.15, -0.1) is 10.2 Å². The first-order valence-corrected chi connectivity index (χ1v) is 15.3. The number of amides is 2. The molecule has 1 aliphatic rings. The van der Waals surface area contributed by atoms with Gasteiger partial charge in [0.15, 0.2) is 0 Å². The summed E-state index contributed by atoms with van der Waals surface area (Å²) in [6.45, 7) is 9.05. The van der Waals surface area contributed by atoms with E-state index in [0.29, 0.717) is 16.8 Å². The van der Waals surface area contributed by atoms with Crippen LogP contribution >= 0.6 is 0 Å². The van der Waals surface area contributed by atoms with E-state index in [1.54, 1.807) is 58.9 Å². The van der Waals surface area contributed by atoms with Gasteiger partial charge >= 0.3 is 6.09 Å². The molecular formula is C35H34F4N6O4. The number of ether oxygens (including phenoxy) is 1. The minimum atomic E-state index is -2.65. The molecule has 1 aliphatic heterocycles. The third-order valence-corrected chi connectivity index (χ3v) is 7.88. The summed E-state index contributed by atoms with van der Waals surface area (Å²) in [7, 11) is 0. The molecule has 2 aromatic heterocycles. The average Bonchev–Trinajstić information content (AvgIpc) is 3.51. The second kappa shape index (κ2) is 12.9. The fourth-order valence-corrected chi connectivity index (χ4v) is 5.28. The van der Waals surface area contributed by atoms with Crippen LogP contribution < -0.4 is 10.2 Å². The molecule has 14 heteroatoms. The van der Waals surface area contributed by atoms with Crippen LogP contribution in [0.15, 0.2) is 59.1 Å². The first-order chi connectivity index (χ1) is 22.9. The number of anilines is 1. The highest BCUT2D eigenvalue weighted by molar-refractivity contribution is 6.01. The lowest BCUT2D eigenvalue weighted by molar-refractivity contribution is -0.121. The van der Waals surface area contributed by atoms with E-state index in [1.165, 1.54) is 30.0 Å². The first-order valence-electron chi connectivity index (χ1n) is 15.3. The van der Waals surface area contributed by atoms with Crippen LogP contribution in [0.3, 0.4) is 0 Å². The van der Waals surface area contributed by atoms with Crippen LogP contribution in [0.1, 0.15) is 77.0 Å². The van der Waals surface area contributed by atoms with Crippen molar-refractivity contribution in [2.45, 2.75) is 83.7 Å². The molecule has 0 radical (unpaired) electrons. The molecule has 1 N–H and O–H groups in total. The van der Waals surface area contributed by atoms with E-state index >= 15 is 8.78 Å². The fourth-order valence-electron chi connectivity index (χ4n) is 5.28. The second-order valence-electron chi connectivity index (χ2n) is 13.5. The number of alkyl carbamates (subject to hydrolysis) is 1. The van der Waals surface area contributed by atoms with Crippen molar-refractivity contribution < 1.29 is 36.3 Å². The van der Waals surface area contributed by atoms with Gasteiger partial charge in [-0.2, -0.15) is 5.26 Å². The molecule has 3 heterocycles. The Morgan fingerprint density at radius 2 is 1.84 bits per heavy atom. The van der Waals surface area contributed by atoms with Gasteiger partial charge in [0.25, 0.3) is 12.3 Å². The van der Waals surface area contributed by atoms with Gasteiger partial charge in [-0.1, -0.05) is 24.3 Å². The standard InChI is InChI=1S/C35H34F4N6O4/c1-33(2,3)49-32(47)42-26-15-35(6,39)23-14-24(36)22(29-43-44-31(48-29)34(4,5)18-40)13-27(23)45(30(26)46)17-19-7-9-20(10-8-19)25-12-11-21(16-41-25)28(37)38/h7-14,16,26,28H,15,17H2,1-6H3,(H,42,47)/t26-,35?/m1/s1. The number of carbonyl (C=O) groups excluding carboxylic acids is 2. The molecule has 0 saturated heterocycles. The highest BCUT2D eigenvalue weighted by Crippen LogP contribution is 2.44. The minimum Gasteiger partial charge on any atom is -0.444 e. The highest BCUT2D eigenvalue weighted by Gasteiger charge is 2.44. The van der Waals surface area contributed by atoms with Crippen molar-refractivity contribution in [3.05, 3.63) is 83.1 Å². The van der Waals surface area contributed by atoms with Crippen LogP contribution in [0.5, 0.6) is 0 Å². The summed E-state index contributed by atoms with van der Waals surface area (Å²) in [5.74, 6) is -1.96. The van der Waals surface area contributed by atoms with Gasteiger partial charge in [0.2, 0.25) is 11.8 Å². The number of benzene rings is 2. The SMILES string of the molecule is CC(C)(C)OC(=O)N[C@@H]1CC(C)(F)c2cc(F)c(-c3nnc(C(C)(C)C#N)o3)cc2N(Cc2ccc(-c3ccc(C(F)F)cn3)cc2)C1=O. The molecule has 0 spiro atoms. The number of rotatable bonds is 7. The van der Waals surface area contributed by atoms with E-state index in [2.05, 4.69) is 20.5 Å². The maximum Gasteiger partial charge on any atom is 0.408 e. The number of nitriles is 1. The van der Waals surface area contributed by atoms with E-state index in [1.807, 2.05) is 6.07 Å². The number of nitrogens with zero attached hydrogens (tertiary/aromatic N) is 5. The van der Waals surface area contributed by atoms with Gasteiger partial charge in [-0.05, 0) is 71.4 Å². The molecule has 2 aromatic carbocycles. The van der Waals surface area contributed by atoms with Crippen LogP contribution in [-0.4, -0.2) is 38.8 Å². The predicted molar refractivity (Wildman–Crippen MR) is 170 cm³/mol. The summed E-state index contributed by atoms with van der Waals surface area (Å²) in [4.78, 5) is 32.3. The second-order valence-corrected chi connectivity index (χ2v) is 13.5. The van der Waals surface area contributed by atoms with Crippen LogP contribution in [-0.2, 0) is 27.2 Å². The van der Waals surface area contributed by atoms with Crippen LogP contribution in [0.2, 0.25) is 0 Å². The molecule has 0 aliphatic carbocycles. The Kier molecular flexibility index (Phi) is 9.25. The Morgan fingerprint density at radius 1 is 1.14 bits per heavy atom. The first kappa shape index (κ1) is 35.0. The number of carbonyl (C=O) groups is 2. The number of aromatic nitrogens is 3. The largest absolute Gasteiger partial charge is 0.444 e. The highest BCUT2D eigenvalue weighted by atomic mass is 19.3. The number of hydrogen-bond donors (Lipinski definition) is 1. The van der Waals surface area contributed by atoms with E-state index in [0.717, 1.165) is 12.3 Å². The van der Waals surface area contributed by atoms with Gasteiger partial charge in [-0.3, -0.25) is 9.78 Å². The van der Waals surface area contributed by atoms with Gasteiger partial charge in [-0.25, -0.2) is 22.4 Å². The van der Waals surface area contributed by atoms with Crippen LogP contribution in [0.25, 0.3) is 22.7 Å². The molecule has 2 amide bonds. The summed E-state index contributed by atoms with van der Waals surface area (Å²) >= 11 is 0. The summed E-state index contributed by atoms with van der Waals surface area (Å²) < 4.78 is 69.3. The lowest BCUT2D eigenvalue weighted by Gasteiger charge is -2.27. The molecule has 0 fully saturated rings. The van der Waals surface area contributed by atoms with E-state index in [-0.39, 0.29) is 40.7 Å². The Labute approximate surface area is 280 Å². The predicted octanol–water partition coefficient (Wildman–Crippen LogP) is 7.69. The number of alkyl halides is 3. The number of fused-ring (bicyclic) bond motifs is 1. The van der Waals surface area contributed by atoms with E-state index < -0.39 is 53.4 Å². The Bertz CT molecular complexity index is 1910. The number of nitrogens with one attached hydrogen (secondary N) is 1. The lowest BCUT2D eigenvalue weighted by Crippen LogP contribution is -2.50. The smallest absolute Gasteiger partial charge is 0.408 e.